The normalized spacial score (nSPS) is 25.1. The van der Waals surface area contributed by atoms with E-state index in [1.807, 2.05) is 30.3 Å². The SMILES string of the molecule is Cc1nn(-c2ccccc2)cc1C(=O)N1C[C@H]2COCC[C@@]2(C(=O)O)C1. The van der Waals surface area contributed by atoms with Crippen LogP contribution in [0.4, 0.5) is 0 Å². The molecule has 7 nitrogen and oxygen atoms in total. The fraction of sp³-hybridized carbons (Fsp3) is 0.421. The maximum Gasteiger partial charge on any atom is 0.311 e. The molecule has 136 valence electrons. The van der Waals surface area contributed by atoms with E-state index in [-0.39, 0.29) is 18.4 Å². The number of nitrogens with zero attached hydrogens (tertiary/aromatic N) is 3. The Hall–Kier alpha value is -2.67. The van der Waals surface area contributed by atoms with Gasteiger partial charge in [-0.1, -0.05) is 18.2 Å². The van der Waals surface area contributed by atoms with Crippen LogP contribution in [-0.2, 0) is 9.53 Å². The van der Waals surface area contributed by atoms with Crippen LogP contribution in [0.5, 0.6) is 0 Å². The number of carbonyl (C=O) groups is 2. The highest BCUT2D eigenvalue weighted by Crippen LogP contribution is 2.43. The lowest BCUT2D eigenvalue weighted by molar-refractivity contribution is -0.157. The van der Waals surface area contributed by atoms with E-state index in [9.17, 15) is 14.7 Å². The second kappa shape index (κ2) is 6.25. The number of aryl methyl sites for hydroxylation is 1. The van der Waals surface area contributed by atoms with Crippen molar-refractivity contribution in [1.82, 2.24) is 14.7 Å². The predicted molar refractivity (Wildman–Crippen MR) is 93.2 cm³/mol. The summed E-state index contributed by atoms with van der Waals surface area (Å²) in [6.07, 6.45) is 2.16. The van der Waals surface area contributed by atoms with Crippen molar-refractivity contribution in [2.45, 2.75) is 13.3 Å². The van der Waals surface area contributed by atoms with Gasteiger partial charge in [-0.15, -0.1) is 0 Å². The zero-order chi connectivity index (χ0) is 18.3. The van der Waals surface area contributed by atoms with Gasteiger partial charge in [-0.25, -0.2) is 4.68 Å². The number of aliphatic carboxylic acids is 1. The Bertz CT molecular complexity index is 848. The number of hydrogen-bond donors (Lipinski definition) is 1. The quantitative estimate of drug-likeness (QED) is 0.907. The molecule has 0 radical (unpaired) electrons. The zero-order valence-corrected chi connectivity index (χ0v) is 14.6. The molecular formula is C19H21N3O4. The van der Waals surface area contributed by atoms with Crippen LogP contribution in [0.1, 0.15) is 22.5 Å². The third-order valence-corrected chi connectivity index (χ3v) is 5.57. The van der Waals surface area contributed by atoms with Crippen LogP contribution < -0.4 is 0 Å². The van der Waals surface area contributed by atoms with Crippen molar-refractivity contribution in [3.8, 4) is 5.69 Å². The summed E-state index contributed by atoms with van der Waals surface area (Å²) < 4.78 is 7.14. The lowest BCUT2D eigenvalue weighted by Gasteiger charge is -2.33. The Balaban J connectivity index is 1.61. The number of fused-ring (bicyclic) bond motifs is 1. The summed E-state index contributed by atoms with van der Waals surface area (Å²) in [6, 6.07) is 9.58. The first-order chi connectivity index (χ1) is 12.5. The van der Waals surface area contributed by atoms with Crippen LogP contribution in [0, 0.1) is 18.3 Å². The summed E-state index contributed by atoms with van der Waals surface area (Å²) in [6.45, 7) is 3.24. The zero-order valence-electron chi connectivity index (χ0n) is 14.6. The highest BCUT2D eigenvalue weighted by molar-refractivity contribution is 5.96. The Morgan fingerprint density at radius 2 is 2.08 bits per heavy atom. The summed E-state index contributed by atoms with van der Waals surface area (Å²) in [5.41, 5.74) is 1.13. The third kappa shape index (κ3) is 2.59. The fourth-order valence-corrected chi connectivity index (χ4v) is 4.01. The summed E-state index contributed by atoms with van der Waals surface area (Å²) in [4.78, 5) is 26.6. The van der Waals surface area contributed by atoms with E-state index in [4.69, 9.17) is 4.74 Å². The first-order valence-electron chi connectivity index (χ1n) is 8.73. The van der Waals surface area contributed by atoms with E-state index in [1.165, 1.54) is 0 Å². The van der Waals surface area contributed by atoms with Gasteiger partial charge in [0.25, 0.3) is 5.91 Å². The molecule has 0 saturated carbocycles. The Kier molecular flexibility index (Phi) is 4.03. The lowest BCUT2D eigenvalue weighted by Crippen LogP contribution is -2.45. The van der Waals surface area contributed by atoms with E-state index in [1.54, 1.807) is 22.7 Å². The highest BCUT2D eigenvalue weighted by atomic mass is 16.5. The molecule has 0 unspecified atom stereocenters. The van der Waals surface area contributed by atoms with Crippen molar-refractivity contribution in [2.75, 3.05) is 26.3 Å². The molecule has 4 rings (SSSR count). The van der Waals surface area contributed by atoms with Gasteiger partial charge in [0.2, 0.25) is 0 Å². The number of likely N-dealkylation sites (tertiary alicyclic amines) is 1. The van der Waals surface area contributed by atoms with E-state index >= 15 is 0 Å². The number of carbonyl (C=O) groups excluding carboxylic acids is 1. The molecule has 0 bridgehead atoms. The Labute approximate surface area is 151 Å². The van der Waals surface area contributed by atoms with Gasteiger partial charge in [0.1, 0.15) is 0 Å². The molecule has 1 N–H and O–H groups in total. The largest absolute Gasteiger partial charge is 0.481 e. The number of carboxylic acids is 1. The standard InChI is InChI=1S/C19H21N3O4/c1-13-16(10-22(20-13)15-5-3-2-4-6-15)17(23)21-9-14-11-26-8-7-19(14,12-21)18(24)25/h2-6,10,14H,7-9,11-12H2,1H3,(H,24,25)/t14-,19+/m0/s1. The molecule has 2 saturated heterocycles. The number of para-hydroxylation sites is 1. The van der Waals surface area contributed by atoms with Crippen LogP contribution in [0.15, 0.2) is 36.5 Å². The minimum atomic E-state index is -0.892. The smallest absolute Gasteiger partial charge is 0.311 e. The second-order valence-electron chi connectivity index (χ2n) is 7.08. The van der Waals surface area contributed by atoms with Crippen molar-refractivity contribution < 1.29 is 19.4 Å². The number of benzene rings is 1. The van der Waals surface area contributed by atoms with E-state index in [2.05, 4.69) is 5.10 Å². The number of aromatic nitrogens is 2. The molecule has 2 aliphatic heterocycles. The minimum absolute atomic E-state index is 0.165. The fourth-order valence-electron chi connectivity index (χ4n) is 4.01. The number of hydrogen-bond acceptors (Lipinski definition) is 4. The maximum absolute atomic E-state index is 13.1. The van der Waals surface area contributed by atoms with E-state index < -0.39 is 11.4 Å². The first-order valence-corrected chi connectivity index (χ1v) is 8.73. The van der Waals surface area contributed by atoms with Crippen LogP contribution >= 0.6 is 0 Å². The van der Waals surface area contributed by atoms with Gasteiger partial charge in [0.05, 0.1) is 29.0 Å². The molecule has 2 aromatic rings. The molecule has 1 aromatic heterocycles. The number of amides is 1. The van der Waals surface area contributed by atoms with Gasteiger partial charge in [-0.3, -0.25) is 9.59 Å². The molecule has 26 heavy (non-hydrogen) atoms. The van der Waals surface area contributed by atoms with Crippen molar-refractivity contribution in [1.29, 1.82) is 0 Å². The van der Waals surface area contributed by atoms with E-state index in [0.29, 0.717) is 37.4 Å². The summed E-state index contributed by atoms with van der Waals surface area (Å²) in [5.74, 6) is -1.17. The minimum Gasteiger partial charge on any atom is -0.481 e. The molecule has 1 aromatic carbocycles. The molecule has 3 heterocycles. The van der Waals surface area contributed by atoms with Crippen molar-refractivity contribution >= 4 is 11.9 Å². The number of carboxylic acid groups (broad SMARTS) is 1. The maximum atomic E-state index is 13.1. The topological polar surface area (TPSA) is 84.7 Å². The molecule has 2 atom stereocenters. The summed E-state index contributed by atoms with van der Waals surface area (Å²) >= 11 is 0. The highest BCUT2D eigenvalue weighted by Gasteiger charge is 2.55. The number of ether oxygens (including phenoxy) is 1. The Morgan fingerprint density at radius 3 is 2.77 bits per heavy atom. The first kappa shape index (κ1) is 16.8. The molecular weight excluding hydrogens is 334 g/mol. The van der Waals surface area contributed by atoms with Gasteiger partial charge in [0, 0.05) is 31.8 Å². The monoisotopic (exact) mass is 355 g/mol. The summed E-state index contributed by atoms with van der Waals surface area (Å²) in [5, 5.41) is 14.2. The van der Waals surface area contributed by atoms with Gasteiger partial charge in [-0.2, -0.15) is 5.10 Å². The van der Waals surface area contributed by atoms with Crippen LogP contribution in [0.3, 0.4) is 0 Å². The third-order valence-electron chi connectivity index (χ3n) is 5.57. The molecule has 0 aliphatic carbocycles. The predicted octanol–water partition coefficient (Wildman–Crippen LogP) is 1.74. The van der Waals surface area contributed by atoms with Crippen LogP contribution in [0.2, 0.25) is 0 Å². The molecule has 2 fully saturated rings. The van der Waals surface area contributed by atoms with Crippen LogP contribution in [-0.4, -0.2) is 58.0 Å². The number of rotatable bonds is 3. The second-order valence-corrected chi connectivity index (χ2v) is 7.08. The van der Waals surface area contributed by atoms with Gasteiger partial charge in [0.15, 0.2) is 0 Å². The van der Waals surface area contributed by atoms with Gasteiger partial charge < -0.3 is 14.7 Å². The van der Waals surface area contributed by atoms with Crippen LogP contribution in [0.25, 0.3) is 5.69 Å². The van der Waals surface area contributed by atoms with Crippen molar-refractivity contribution in [3.05, 3.63) is 47.8 Å². The molecule has 0 spiro atoms. The summed E-state index contributed by atoms with van der Waals surface area (Å²) in [7, 11) is 0. The molecule has 1 amide bonds. The van der Waals surface area contributed by atoms with Gasteiger partial charge in [-0.05, 0) is 25.5 Å². The average Bonchev–Trinajstić information content (AvgIpc) is 3.23. The Morgan fingerprint density at radius 1 is 1.31 bits per heavy atom. The molecule has 2 aliphatic rings. The lowest BCUT2D eigenvalue weighted by atomic mass is 9.74. The van der Waals surface area contributed by atoms with E-state index in [0.717, 1.165) is 5.69 Å². The van der Waals surface area contributed by atoms with Crippen molar-refractivity contribution in [3.63, 3.8) is 0 Å². The van der Waals surface area contributed by atoms with Crippen molar-refractivity contribution in [2.24, 2.45) is 11.3 Å². The van der Waals surface area contributed by atoms with Gasteiger partial charge >= 0.3 is 5.97 Å². The molecule has 7 heteroatoms. The average molecular weight is 355 g/mol.